The van der Waals surface area contributed by atoms with Crippen LogP contribution in [0.1, 0.15) is 32.8 Å². The maximum Gasteiger partial charge on any atom is 0.313 e. The van der Waals surface area contributed by atoms with Crippen molar-refractivity contribution >= 4 is 11.8 Å². The summed E-state index contributed by atoms with van der Waals surface area (Å²) in [5.74, 6) is -1.53. The molecule has 0 spiro atoms. The van der Waals surface area contributed by atoms with Crippen LogP contribution in [-0.2, 0) is 19.7 Å². The van der Waals surface area contributed by atoms with Gasteiger partial charge in [-0.05, 0) is 38.5 Å². The number of hydrogen-bond donors (Lipinski definition) is 0. The molecule has 0 unspecified atom stereocenters. The molecule has 0 bridgehead atoms. The van der Waals surface area contributed by atoms with Gasteiger partial charge in [-0.1, -0.05) is 0 Å². The minimum absolute atomic E-state index is 0.233. The van der Waals surface area contributed by atoms with Crippen LogP contribution < -0.4 is 0 Å². The van der Waals surface area contributed by atoms with E-state index in [-0.39, 0.29) is 18.8 Å². The zero-order chi connectivity index (χ0) is 13.8. The Hall–Kier alpha value is -1.78. The molecule has 1 heterocycles. The Morgan fingerprint density at radius 2 is 2.11 bits per heavy atom. The van der Waals surface area contributed by atoms with Crippen LogP contribution in [0.4, 0.5) is 4.39 Å². The average molecular weight is 253 g/mol. The number of halogens is 1. The second-order valence-electron chi connectivity index (χ2n) is 4.40. The van der Waals surface area contributed by atoms with Crippen LogP contribution in [0.3, 0.4) is 0 Å². The van der Waals surface area contributed by atoms with E-state index in [1.165, 1.54) is 12.3 Å². The van der Waals surface area contributed by atoms with Gasteiger partial charge in [0.25, 0.3) is 0 Å². The molecular weight excluding hydrogens is 237 g/mol. The first-order chi connectivity index (χ1) is 8.37. The first-order valence-corrected chi connectivity index (χ1v) is 5.69. The number of carbonyl (C=O) groups excluding carboxylic acids is 2. The molecule has 0 aliphatic rings. The normalized spacial score (nSPS) is 11.1. The van der Waals surface area contributed by atoms with Gasteiger partial charge in [-0.2, -0.15) is 4.39 Å². The predicted molar refractivity (Wildman–Crippen MR) is 63.5 cm³/mol. The standard InChI is InChI=1S/C13H16FNO3/c1-4-18-12(17)8-10(16)13(2,3)9-5-6-15-11(14)7-9/h5-7H,4,8H2,1-3H3. The molecule has 0 saturated carbocycles. The monoisotopic (exact) mass is 253 g/mol. The molecule has 0 aliphatic heterocycles. The first kappa shape index (κ1) is 14.3. The molecule has 5 heteroatoms. The van der Waals surface area contributed by atoms with Crippen LogP contribution >= 0.6 is 0 Å². The number of nitrogens with zero attached hydrogens (tertiary/aromatic N) is 1. The Kier molecular flexibility index (Phi) is 4.53. The number of pyridine rings is 1. The lowest BCUT2D eigenvalue weighted by atomic mass is 9.80. The third-order valence-electron chi connectivity index (χ3n) is 2.76. The summed E-state index contributed by atoms with van der Waals surface area (Å²) in [7, 11) is 0. The molecule has 1 rings (SSSR count). The maximum absolute atomic E-state index is 13.0. The van der Waals surface area contributed by atoms with Crippen molar-refractivity contribution in [1.29, 1.82) is 0 Å². The molecule has 0 aliphatic carbocycles. The second-order valence-corrected chi connectivity index (χ2v) is 4.40. The zero-order valence-corrected chi connectivity index (χ0v) is 10.7. The van der Waals surface area contributed by atoms with Gasteiger partial charge in [-0.15, -0.1) is 0 Å². The van der Waals surface area contributed by atoms with Gasteiger partial charge in [0.1, 0.15) is 6.42 Å². The van der Waals surface area contributed by atoms with Crippen molar-refractivity contribution in [1.82, 2.24) is 4.98 Å². The van der Waals surface area contributed by atoms with Gasteiger partial charge in [0.15, 0.2) is 5.78 Å². The van der Waals surface area contributed by atoms with Gasteiger partial charge >= 0.3 is 5.97 Å². The minimum atomic E-state index is -0.948. The molecular formula is C13H16FNO3. The van der Waals surface area contributed by atoms with E-state index in [1.54, 1.807) is 26.8 Å². The van der Waals surface area contributed by atoms with Crippen molar-refractivity contribution in [2.75, 3.05) is 6.61 Å². The van der Waals surface area contributed by atoms with E-state index in [2.05, 4.69) is 4.98 Å². The van der Waals surface area contributed by atoms with Gasteiger partial charge in [-0.25, -0.2) is 4.98 Å². The highest BCUT2D eigenvalue weighted by Crippen LogP contribution is 2.25. The zero-order valence-electron chi connectivity index (χ0n) is 10.7. The Balaban J connectivity index is 2.86. The molecule has 4 nitrogen and oxygen atoms in total. The molecule has 18 heavy (non-hydrogen) atoms. The summed E-state index contributed by atoms with van der Waals surface area (Å²) in [5.41, 5.74) is -0.458. The molecule has 1 aromatic rings. The van der Waals surface area contributed by atoms with Crippen LogP contribution in [0, 0.1) is 5.95 Å². The van der Waals surface area contributed by atoms with Gasteiger partial charge in [0, 0.05) is 11.6 Å². The van der Waals surface area contributed by atoms with E-state index in [1.807, 2.05) is 0 Å². The lowest BCUT2D eigenvalue weighted by Crippen LogP contribution is -2.31. The molecule has 98 valence electrons. The number of aromatic nitrogens is 1. The molecule has 0 fully saturated rings. The molecule has 0 saturated heterocycles. The summed E-state index contributed by atoms with van der Waals surface area (Å²) in [6.45, 7) is 5.19. The lowest BCUT2D eigenvalue weighted by molar-refractivity contribution is -0.146. The van der Waals surface area contributed by atoms with Gasteiger partial charge in [0.05, 0.1) is 6.61 Å². The largest absolute Gasteiger partial charge is 0.466 e. The Bertz CT molecular complexity index is 457. The lowest BCUT2D eigenvalue weighted by Gasteiger charge is -2.23. The van der Waals surface area contributed by atoms with Crippen LogP contribution in [0.25, 0.3) is 0 Å². The van der Waals surface area contributed by atoms with Crippen LogP contribution in [0.15, 0.2) is 18.3 Å². The van der Waals surface area contributed by atoms with Gasteiger partial charge in [-0.3, -0.25) is 9.59 Å². The maximum atomic E-state index is 13.0. The third kappa shape index (κ3) is 3.35. The summed E-state index contributed by atoms with van der Waals surface area (Å²) in [4.78, 5) is 26.7. The SMILES string of the molecule is CCOC(=O)CC(=O)C(C)(C)c1ccnc(F)c1. The molecule has 0 atom stereocenters. The third-order valence-corrected chi connectivity index (χ3v) is 2.76. The fraction of sp³-hybridized carbons (Fsp3) is 0.462. The van der Waals surface area contributed by atoms with E-state index < -0.39 is 17.3 Å². The van der Waals surface area contributed by atoms with Crippen molar-refractivity contribution in [3.8, 4) is 0 Å². The highest BCUT2D eigenvalue weighted by molar-refractivity contribution is 6.01. The van der Waals surface area contributed by atoms with Crippen molar-refractivity contribution < 1.29 is 18.7 Å². The quantitative estimate of drug-likeness (QED) is 0.457. The predicted octanol–water partition coefficient (Wildman–Crippen LogP) is 2.02. The second kappa shape index (κ2) is 5.71. The molecule has 1 aromatic heterocycles. The highest BCUT2D eigenvalue weighted by atomic mass is 19.1. The van der Waals surface area contributed by atoms with Crippen LogP contribution in [0.5, 0.6) is 0 Å². The number of ketones is 1. The number of carbonyl (C=O) groups is 2. The number of rotatable bonds is 5. The topological polar surface area (TPSA) is 56.3 Å². The molecule has 0 amide bonds. The summed E-state index contributed by atoms with van der Waals surface area (Å²) in [5, 5.41) is 0. The van der Waals surface area contributed by atoms with Crippen LogP contribution in [-0.4, -0.2) is 23.3 Å². The average Bonchev–Trinajstić information content (AvgIpc) is 2.29. The van der Waals surface area contributed by atoms with E-state index in [0.717, 1.165) is 0 Å². The fourth-order valence-corrected chi connectivity index (χ4v) is 1.52. The molecule has 0 radical (unpaired) electrons. The number of hydrogen-bond acceptors (Lipinski definition) is 4. The Morgan fingerprint density at radius 3 is 2.67 bits per heavy atom. The minimum Gasteiger partial charge on any atom is -0.466 e. The first-order valence-electron chi connectivity index (χ1n) is 5.69. The van der Waals surface area contributed by atoms with Crippen LogP contribution in [0.2, 0.25) is 0 Å². The summed E-state index contributed by atoms with van der Waals surface area (Å²) in [6, 6.07) is 2.76. The van der Waals surface area contributed by atoms with Crippen molar-refractivity contribution in [3.05, 3.63) is 29.8 Å². The van der Waals surface area contributed by atoms with Crippen molar-refractivity contribution in [3.63, 3.8) is 0 Å². The number of Topliss-reactive ketones (excluding diaryl/α,β-unsaturated/α-hetero) is 1. The van der Waals surface area contributed by atoms with E-state index in [0.29, 0.717) is 5.56 Å². The summed E-state index contributed by atoms with van der Waals surface area (Å²) >= 11 is 0. The number of ether oxygens (including phenoxy) is 1. The van der Waals surface area contributed by atoms with Crippen molar-refractivity contribution in [2.45, 2.75) is 32.6 Å². The van der Waals surface area contributed by atoms with E-state index in [9.17, 15) is 14.0 Å². The smallest absolute Gasteiger partial charge is 0.313 e. The molecule has 0 N–H and O–H groups in total. The Morgan fingerprint density at radius 1 is 1.44 bits per heavy atom. The highest BCUT2D eigenvalue weighted by Gasteiger charge is 2.31. The van der Waals surface area contributed by atoms with E-state index in [4.69, 9.17) is 4.74 Å². The molecule has 0 aromatic carbocycles. The Labute approximate surface area is 105 Å². The fourth-order valence-electron chi connectivity index (χ4n) is 1.52. The number of esters is 1. The summed E-state index contributed by atoms with van der Waals surface area (Å²) < 4.78 is 17.8. The van der Waals surface area contributed by atoms with Gasteiger partial charge < -0.3 is 4.74 Å². The summed E-state index contributed by atoms with van der Waals surface area (Å²) in [6.07, 6.45) is 0.981. The van der Waals surface area contributed by atoms with E-state index >= 15 is 0 Å². The van der Waals surface area contributed by atoms with Crippen molar-refractivity contribution in [2.24, 2.45) is 0 Å². The van der Waals surface area contributed by atoms with Gasteiger partial charge in [0.2, 0.25) is 5.95 Å².